The molecule has 0 bridgehead atoms. The average Bonchev–Trinajstić information content (AvgIpc) is 2.92. The van der Waals surface area contributed by atoms with Crippen LogP contribution < -0.4 is 4.74 Å². The van der Waals surface area contributed by atoms with Crippen LogP contribution in [-0.2, 0) is 32.7 Å². The first kappa shape index (κ1) is 33.5. The van der Waals surface area contributed by atoms with Gasteiger partial charge in [-0.25, -0.2) is 0 Å². The van der Waals surface area contributed by atoms with Gasteiger partial charge < -0.3 is 9.64 Å². The fraction of sp³-hybridized carbons (Fsp3) is 0.700. The smallest absolute Gasteiger partial charge is 0.405 e. The standard InChI is InChI=1S/C10H11F3O.C7H15N.3CH4.Y/c1-7(2)8-5-3-4-6-9(8)14-10(11,12)13;1-7(2)8-5-3-4-6-8;;;;/h3-7H,1-2H3;7H,3-6H2,1-2H3;3*1H4;. The molecule has 2 rings (SSSR count). The molecule has 0 unspecified atom stereocenters. The topological polar surface area (TPSA) is 12.5 Å². The van der Waals surface area contributed by atoms with Gasteiger partial charge in [0.1, 0.15) is 5.75 Å². The van der Waals surface area contributed by atoms with Crippen molar-refractivity contribution in [2.24, 2.45) is 0 Å². The van der Waals surface area contributed by atoms with Gasteiger partial charge in [-0.05, 0) is 57.3 Å². The Morgan fingerprint density at radius 1 is 0.923 bits per heavy atom. The molecule has 26 heavy (non-hydrogen) atoms. The number of likely N-dealkylation sites (tertiary alicyclic amines) is 1. The molecule has 0 N–H and O–H groups in total. The van der Waals surface area contributed by atoms with Crippen molar-refractivity contribution in [2.45, 2.75) is 81.1 Å². The van der Waals surface area contributed by atoms with Crippen LogP contribution in [0.2, 0.25) is 0 Å². The zero-order valence-electron chi connectivity index (χ0n) is 14.4. The molecular weight excluding hydrogens is 416 g/mol. The fourth-order valence-electron chi connectivity index (χ4n) is 2.43. The van der Waals surface area contributed by atoms with Crippen molar-refractivity contribution in [3.8, 4) is 5.75 Å². The fourth-order valence-corrected chi connectivity index (χ4v) is 2.43. The third kappa shape index (κ3) is 13.1. The van der Waals surface area contributed by atoms with Gasteiger partial charge in [-0.15, -0.1) is 13.2 Å². The molecule has 1 aromatic rings. The van der Waals surface area contributed by atoms with E-state index in [9.17, 15) is 13.2 Å². The van der Waals surface area contributed by atoms with Crippen molar-refractivity contribution in [2.75, 3.05) is 13.1 Å². The van der Waals surface area contributed by atoms with Crippen LogP contribution in [0.4, 0.5) is 13.2 Å². The summed E-state index contributed by atoms with van der Waals surface area (Å²) in [5, 5.41) is 0. The van der Waals surface area contributed by atoms with Crippen LogP contribution in [0.5, 0.6) is 5.75 Å². The molecule has 0 saturated carbocycles. The van der Waals surface area contributed by atoms with E-state index in [1.807, 2.05) is 13.8 Å². The monoisotopic (exact) mass is 454 g/mol. The number of benzene rings is 1. The molecule has 1 aliphatic heterocycles. The summed E-state index contributed by atoms with van der Waals surface area (Å²) >= 11 is 0. The Labute approximate surface area is 184 Å². The van der Waals surface area contributed by atoms with E-state index in [0.29, 0.717) is 5.56 Å². The van der Waals surface area contributed by atoms with E-state index in [1.54, 1.807) is 12.1 Å². The Kier molecular flexibility index (Phi) is 20.4. The normalized spacial score (nSPS) is 13.4. The van der Waals surface area contributed by atoms with E-state index >= 15 is 0 Å². The molecule has 1 heterocycles. The number of rotatable bonds is 3. The minimum Gasteiger partial charge on any atom is -0.405 e. The van der Waals surface area contributed by atoms with Gasteiger partial charge in [0.05, 0.1) is 0 Å². The predicted octanol–water partition coefficient (Wildman–Crippen LogP) is 7.11. The van der Waals surface area contributed by atoms with E-state index in [1.165, 1.54) is 38.1 Å². The predicted molar refractivity (Wildman–Crippen MR) is 103 cm³/mol. The number of nitrogens with zero attached hydrogens (tertiary/aromatic N) is 1. The summed E-state index contributed by atoms with van der Waals surface area (Å²) in [6, 6.07) is 6.94. The zero-order valence-corrected chi connectivity index (χ0v) is 17.2. The first-order valence-electron chi connectivity index (χ1n) is 7.79. The second-order valence-electron chi connectivity index (χ2n) is 6.08. The van der Waals surface area contributed by atoms with Gasteiger partial charge in [-0.1, -0.05) is 54.3 Å². The maximum absolute atomic E-state index is 12.0. The maximum Gasteiger partial charge on any atom is 0.573 e. The van der Waals surface area contributed by atoms with Crippen LogP contribution in [0.3, 0.4) is 0 Å². The molecule has 6 heteroatoms. The van der Waals surface area contributed by atoms with E-state index in [2.05, 4.69) is 23.5 Å². The van der Waals surface area contributed by atoms with E-state index in [-0.39, 0.29) is 66.7 Å². The second kappa shape index (κ2) is 15.9. The van der Waals surface area contributed by atoms with Crippen LogP contribution in [0.15, 0.2) is 24.3 Å². The summed E-state index contributed by atoms with van der Waals surface area (Å²) in [5.41, 5.74) is 0.560. The number of hydrogen-bond acceptors (Lipinski definition) is 2. The number of alkyl halides is 3. The summed E-state index contributed by atoms with van der Waals surface area (Å²) in [6.07, 6.45) is -1.79. The third-order valence-electron chi connectivity index (χ3n) is 3.64. The van der Waals surface area contributed by atoms with Gasteiger partial charge in [-0.2, -0.15) is 0 Å². The summed E-state index contributed by atoms with van der Waals surface area (Å²) in [7, 11) is 0. The molecule has 1 saturated heterocycles. The third-order valence-corrected chi connectivity index (χ3v) is 3.64. The van der Waals surface area contributed by atoms with Crippen molar-refractivity contribution >= 4 is 0 Å². The molecule has 0 aliphatic carbocycles. The molecule has 153 valence electrons. The number of para-hydroxylation sites is 1. The van der Waals surface area contributed by atoms with E-state index in [4.69, 9.17) is 0 Å². The number of halogens is 3. The first-order valence-corrected chi connectivity index (χ1v) is 7.79. The Balaban J connectivity index is -0.000000177. The summed E-state index contributed by atoms with van der Waals surface area (Å²) in [4.78, 5) is 2.53. The average molecular weight is 454 g/mol. The van der Waals surface area contributed by atoms with E-state index < -0.39 is 6.36 Å². The summed E-state index contributed by atoms with van der Waals surface area (Å²) in [6.45, 7) is 10.8. The molecule has 0 amide bonds. The van der Waals surface area contributed by atoms with Crippen molar-refractivity contribution < 1.29 is 50.6 Å². The van der Waals surface area contributed by atoms with Crippen molar-refractivity contribution in [3.05, 3.63) is 29.8 Å². The number of hydrogen-bond donors (Lipinski definition) is 0. The van der Waals surface area contributed by atoms with Gasteiger partial charge in [-0.3, -0.25) is 0 Å². The molecule has 0 aromatic heterocycles. The molecule has 1 aromatic carbocycles. The Morgan fingerprint density at radius 3 is 1.73 bits per heavy atom. The quantitative estimate of drug-likeness (QED) is 0.483. The maximum atomic E-state index is 12.0. The second-order valence-corrected chi connectivity index (χ2v) is 6.08. The van der Waals surface area contributed by atoms with Gasteiger partial charge >= 0.3 is 6.36 Å². The van der Waals surface area contributed by atoms with Crippen LogP contribution in [0, 0.1) is 0 Å². The van der Waals surface area contributed by atoms with Gasteiger partial charge in [0, 0.05) is 38.8 Å². The molecule has 1 radical (unpaired) electrons. The van der Waals surface area contributed by atoms with Crippen molar-refractivity contribution in [3.63, 3.8) is 0 Å². The van der Waals surface area contributed by atoms with Gasteiger partial charge in [0.2, 0.25) is 0 Å². The largest absolute Gasteiger partial charge is 0.573 e. The molecule has 0 spiro atoms. The Morgan fingerprint density at radius 2 is 1.38 bits per heavy atom. The van der Waals surface area contributed by atoms with Crippen molar-refractivity contribution in [1.82, 2.24) is 4.90 Å². The molecule has 1 aliphatic rings. The summed E-state index contributed by atoms with van der Waals surface area (Å²) < 4.78 is 39.8. The SMILES string of the molecule is C.C.C.CC(C)N1CCCC1.CC(C)c1ccccc1OC(F)(F)F.[Y]. The van der Waals surface area contributed by atoms with Crippen LogP contribution in [0.25, 0.3) is 0 Å². The Hall–Kier alpha value is -0.126. The summed E-state index contributed by atoms with van der Waals surface area (Å²) in [5.74, 6) is -0.108. The molecule has 2 nitrogen and oxygen atoms in total. The van der Waals surface area contributed by atoms with Crippen LogP contribution in [-0.4, -0.2) is 30.4 Å². The number of ether oxygens (including phenoxy) is 1. The minimum absolute atomic E-state index is 0. The van der Waals surface area contributed by atoms with E-state index in [0.717, 1.165) is 6.04 Å². The molecular formula is C20H38F3NOY. The van der Waals surface area contributed by atoms with Gasteiger partial charge in [0.15, 0.2) is 0 Å². The van der Waals surface area contributed by atoms with Crippen molar-refractivity contribution in [1.29, 1.82) is 0 Å². The van der Waals surface area contributed by atoms with Crippen LogP contribution in [0.1, 0.15) is 74.3 Å². The minimum atomic E-state index is -4.62. The Bertz CT molecular complexity index is 445. The molecule has 1 fully saturated rings. The molecule has 0 atom stereocenters. The van der Waals surface area contributed by atoms with Gasteiger partial charge in [0.25, 0.3) is 0 Å². The van der Waals surface area contributed by atoms with Crippen LogP contribution >= 0.6 is 0 Å². The first-order chi connectivity index (χ1) is 10.2. The zero-order chi connectivity index (χ0) is 16.8.